The number of rotatable bonds is 6. The molecular formula is C20H18ClF3N4O2. The molecule has 1 aromatic carbocycles. The number of aromatic nitrogens is 3. The molecule has 6 nitrogen and oxygen atoms in total. The van der Waals surface area contributed by atoms with Crippen molar-refractivity contribution in [3.05, 3.63) is 70.6 Å². The highest BCUT2D eigenvalue weighted by molar-refractivity contribution is 6.30. The first-order chi connectivity index (χ1) is 14.2. The summed E-state index contributed by atoms with van der Waals surface area (Å²) in [4.78, 5) is 16.6. The van der Waals surface area contributed by atoms with Crippen molar-refractivity contribution in [3.8, 4) is 11.6 Å². The predicted octanol–water partition coefficient (Wildman–Crippen LogP) is 4.37. The zero-order valence-electron chi connectivity index (χ0n) is 16.1. The van der Waals surface area contributed by atoms with Gasteiger partial charge in [0.25, 0.3) is 0 Å². The first-order valence-electron chi connectivity index (χ1n) is 8.88. The van der Waals surface area contributed by atoms with Crippen molar-refractivity contribution in [2.75, 3.05) is 7.11 Å². The number of nitrogens with zero attached hydrogens (tertiary/aromatic N) is 3. The largest absolute Gasteiger partial charge is 0.481 e. The number of ether oxygens (including phenoxy) is 1. The van der Waals surface area contributed by atoms with Crippen LogP contribution in [-0.2, 0) is 17.5 Å². The summed E-state index contributed by atoms with van der Waals surface area (Å²) in [5.41, 5.74) is 0.111. The molecule has 158 valence electrons. The molecule has 0 saturated carbocycles. The van der Waals surface area contributed by atoms with Gasteiger partial charge >= 0.3 is 6.18 Å². The number of nitrogens with one attached hydrogen (secondary N) is 1. The molecule has 2 heterocycles. The summed E-state index contributed by atoms with van der Waals surface area (Å²) in [6.07, 6.45) is -3.11. The summed E-state index contributed by atoms with van der Waals surface area (Å²) in [5.74, 6) is -0.515. The lowest BCUT2D eigenvalue weighted by molar-refractivity contribution is -0.141. The predicted molar refractivity (Wildman–Crippen MR) is 105 cm³/mol. The smallest absolute Gasteiger partial charge is 0.435 e. The minimum absolute atomic E-state index is 0.150. The van der Waals surface area contributed by atoms with Crippen molar-refractivity contribution in [1.82, 2.24) is 20.1 Å². The molecule has 2 aromatic heterocycles. The molecule has 30 heavy (non-hydrogen) atoms. The van der Waals surface area contributed by atoms with Crippen LogP contribution in [-0.4, -0.2) is 27.8 Å². The Bertz CT molecular complexity index is 1040. The topological polar surface area (TPSA) is 69.0 Å². The van der Waals surface area contributed by atoms with Crippen molar-refractivity contribution < 1.29 is 22.7 Å². The molecule has 0 aliphatic rings. The number of carbonyl (C=O) groups excluding carboxylic acids is 1. The van der Waals surface area contributed by atoms with E-state index in [1.165, 1.54) is 19.4 Å². The lowest BCUT2D eigenvalue weighted by atomic mass is 10.0. The Morgan fingerprint density at radius 2 is 2.03 bits per heavy atom. The molecule has 0 fully saturated rings. The van der Waals surface area contributed by atoms with Gasteiger partial charge in [-0.1, -0.05) is 23.7 Å². The number of hydrogen-bond donors (Lipinski definition) is 1. The maximum atomic E-state index is 13.2. The lowest BCUT2D eigenvalue weighted by Gasteiger charge is -2.13. The van der Waals surface area contributed by atoms with Crippen LogP contribution < -0.4 is 10.1 Å². The molecule has 1 N–H and O–H groups in total. The number of pyridine rings is 1. The fraction of sp³-hybridized carbons (Fsp3) is 0.250. The molecule has 0 radical (unpaired) electrons. The van der Waals surface area contributed by atoms with E-state index in [1.54, 1.807) is 37.3 Å². The second-order valence-electron chi connectivity index (χ2n) is 6.48. The van der Waals surface area contributed by atoms with Crippen molar-refractivity contribution in [2.24, 2.45) is 0 Å². The fourth-order valence-corrected chi connectivity index (χ4v) is 2.95. The van der Waals surface area contributed by atoms with Gasteiger partial charge in [0.15, 0.2) is 5.69 Å². The molecule has 1 amide bonds. The standard InChI is InChI=1S/C20H18ClF3N4O2/c1-12(13-6-7-18(30-2)25-10-13)19(29)26-11-16-9-17(20(22,23)24)27-28(16)15-5-3-4-14(21)8-15/h3-10,12H,11H2,1-2H3,(H,26,29). The van der Waals surface area contributed by atoms with Crippen LogP contribution in [0.1, 0.15) is 29.8 Å². The molecule has 0 bridgehead atoms. The van der Waals surface area contributed by atoms with Crippen molar-refractivity contribution in [3.63, 3.8) is 0 Å². The Morgan fingerprint density at radius 3 is 2.63 bits per heavy atom. The van der Waals surface area contributed by atoms with Crippen molar-refractivity contribution in [2.45, 2.75) is 25.6 Å². The van der Waals surface area contributed by atoms with E-state index in [4.69, 9.17) is 16.3 Å². The number of alkyl halides is 3. The number of hydrogen-bond acceptors (Lipinski definition) is 4. The third kappa shape index (κ3) is 4.91. The van der Waals surface area contributed by atoms with Crippen LogP contribution in [0, 0.1) is 0 Å². The van der Waals surface area contributed by atoms with Gasteiger partial charge in [-0.3, -0.25) is 4.79 Å². The van der Waals surface area contributed by atoms with Crippen LogP contribution in [0.25, 0.3) is 5.69 Å². The van der Waals surface area contributed by atoms with Gasteiger partial charge in [-0.25, -0.2) is 9.67 Å². The van der Waals surface area contributed by atoms with Crippen LogP contribution in [0.2, 0.25) is 5.02 Å². The average Bonchev–Trinajstić information content (AvgIpc) is 3.16. The van der Waals surface area contributed by atoms with E-state index < -0.39 is 17.8 Å². The Balaban J connectivity index is 1.81. The first kappa shape index (κ1) is 21.6. The summed E-state index contributed by atoms with van der Waals surface area (Å²) in [6.45, 7) is 1.52. The number of amides is 1. The summed E-state index contributed by atoms with van der Waals surface area (Å²) in [7, 11) is 1.48. The molecule has 3 aromatic rings. The van der Waals surface area contributed by atoms with E-state index in [2.05, 4.69) is 15.4 Å². The molecule has 3 rings (SSSR count). The van der Waals surface area contributed by atoms with Gasteiger partial charge in [0.1, 0.15) is 0 Å². The third-order valence-corrected chi connectivity index (χ3v) is 4.67. The summed E-state index contributed by atoms with van der Waals surface area (Å²) in [6, 6.07) is 10.5. The van der Waals surface area contributed by atoms with E-state index >= 15 is 0 Å². The number of benzene rings is 1. The highest BCUT2D eigenvalue weighted by atomic mass is 35.5. The fourth-order valence-electron chi connectivity index (χ4n) is 2.77. The van der Waals surface area contributed by atoms with Crippen molar-refractivity contribution >= 4 is 17.5 Å². The minimum atomic E-state index is -4.62. The minimum Gasteiger partial charge on any atom is -0.481 e. The second-order valence-corrected chi connectivity index (χ2v) is 6.92. The number of carbonyl (C=O) groups is 1. The second kappa shape index (κ2) is 8.74. The van der Waals surface area contributed by atoms with Gasteiger partial charge in [0.05, 0.1) is 31.0 Å². The van der Waals surface area contributed by atoms with Gasteiger partial charge in [-0.15, -0.1) is 0 Å². The molecular weight excluding hydrogens is 421 g/mol. The van der Waals surface area contributed by atoms with E-state index in [9.17, 15) is 18.0 Å². The Hall–Kier alpha value is -3.07. The number of methoxy groups -OCH3 is 1. The normalized spacial score (nSPS) is 12.5. The number of halogens is 4. The Labute approximate surface area is 175 Å². The van der Waals surface area contributed by atoms with E-state index in [0.29, 0.717) is 22.2 Å². The van der Waals surface area contributed by atoms with Crippen molar-refractivity contribution in [1.29, 1.82) is 0 Å². The molecule has 10 heteroatoms. The van der Waals surface area contributed by atoms with Crippen LogP contribution in [0.5, 0.6) is 5.88 Å². The lowest BCUT2D eigenvalue weighted by Crippen LogP contribution is -2.28. The quantitative estimate of drug-likeness (QED) is 0.620. The monoisotopic (exact) mass is 438 g/mol. The van der Waals surface area contributed by atoms with Gasteiger partial charge in [0.2, 0.25) is 11.8 Å². The molecule has 0 aliphatic heterocycles. The van der Waals surface area contributed by atoms with Gasteiger partial charge in [0, 0.05) is 17.3 Å². The summed E-state index contributed by atoms with van der Waals surface area (Å²) in [5, 5.41) is 6.66. The Kier molecular flexibility index (Phi) is 6.31. The van der Waals surface area contributed by atoms with Crippen LogP contribution >= 0.6 is 11.6 Å². The van der Waals surface area contributed by atoms with Crippen LogP contribution in [0.15, 0.2) is 48.7 Å². The van der Waals surface area contributed by atoms with Gasteiger partial charge in [-0.2, -0.15) is 18.3 Å². The van der Waals surface area contributed by atoms with Crippen LogP contribution in [0.3, 0.4) is 0 Å². The molecule has 1 atom stereocenters. The first-order valence-corrected chi connectivity index (χ1v) is 9.26. The third-order valence-electron chi connectivity index (χ3n) is 4.43. The molecule has 0 spiro atoms. The van der Waals surface area contributed by atoms with Crippen LogP contribution in [0.4, 0.5) is 13.2 Å². The SMILES string of the molecule is COc1ccc(C(C)C(=O)NCc2cc(C(F)(F)F)nn2-c2cccc(Cl)c2)cn1. The van der Waals surface area contributed by atoms with E-state index in [1.807, 2.05) is 0 Å². The van der Waals surface area contributed by atoms with Gasteiger partial charge < -0.3 is 10.1 Å². The maximum Gasteiger partial charge on any atom is 0.435 e. The van der Waals surface area contributed by atoms with E-state index in [-0.39, 0.29) is 18.1 Å². The highest BCUT2D eigenvalue weighted by Crippen LogP contribution is 2.30. The zero-order valence-corrected chi connectivity index (χ0v) is 16.8. The van der Waals surface area contributed by atoms with Gasteiger partial charge in [-0.05, 0) is 36.8 Å². The molecule has 0 saturated heterocycles. The highest BCUT2D eigenvalue weighted by Gasteiger charge is 2.35. The Morgan fingerprint density at radius 1 is 1.27 bits per heavy atom. The zero-order chi connectivity index (χ0) is 21.9. The summed E-state index contributed by atoms with van der Waals surface area (Å²) >= 11 is 5.95. The molecule has 0 aliphatic carbocycles. The maximum absolute atomic E-state index is 13.2. The average molecular weight is 439 g/mol. The molecule has 1 unspecified atom stereocenters. The van der Waals surface area contributed by atoms with E-state index in [0.717, 1.165) is 10.7 Å². The summed E-state index contributed by atoms with van der Waals surface area (Å²) < 4.78 is 45.6.